The monoisotopic (exact) mass is 964 g/mol. The summed E-state index contributed by atoms with van der Waals surface area (Å²) in [5.41, 5.74) is 13.9. The van der Waals surface area contributed by atoms with Crippen LogP contribution in [0, 0.1) is 0 Å². The fourth-order valence-corrected chi connectivity index (χ4v) is 5.94. The summed E-state index contributed by atoms with van der Waals surface area (Å²) in [4.78, 5) is 10.9. The molecule has 0 atom stereocenters. The van der Waals surface area contributed by atoms with E-state index < -0.39 is 42.3 Å². The molecule has 312 valence electrons. The highest BCUT2D eigenvalue weighted by Gasteiger charge is 2.39. The Morgan fingerprint density at radius 1 is 0.542 bits per heavy atom. The number of anilines is 3. The van der Waals surface area contributed by atoms with Gasteiger partial charge in [-0.2, -0.15) is 39.5 Å². The number of phenols is 3. The van der Waals surface area contributed by atoms with E-state index in [9.17, 15) is 49.7 Å². The van der Waals surface area contributed by atoms with E-state index in [1.807, 2.05) is 0 Å². The topological polar surface area (TPSA) is 218 Å². The first kappa shape index (κ1) is 47.6. The largest absolute Gasteiger partial charge is 0.508 e. The van der Waals surface area contributed by atoms with Gasteiger partial charge in [-0.25, -0.2) is 15.0 Å². The zero-order chi connectivity index (χ0) is 44.5. The molecule has 0 fully saturated rings. The number of hydrogen-bond acceptors (Lipinski definition) is 11. The second-order valence-corrected chi connectivity index (χ2v) is 13.2. The minimum atomic E-state index is -4.68. The van der Waals surface area contributed by atoms with Crippen molar-refractivity contribution in [3.8, 4) is 39.5 Å². The molecule has 0 unspecified atom stereocenters. The third-order valence-corrected chi connectivity index (χ3v) is 8.71. The summed E-state index contributed by atoms with van der Waals surface area (Å²) in [5.74, 6) is -0.585. The molecular weight excluding hydrogens is 938 g/mol. The average molecular weight is 966 g/mol. The van der Waals surface area contributed by atoms with E-state index in [-0.39, 0.29) is 65.9 Å². The maximum atomic E-state index is 13.8. The summed E-state index contributed by atoms with van der Waals surface area (Å²) >= 11 is 5.48. The Bertz CT molecular complexity index is 2320. The van der Waals surface area contributed by atoms with Crippen LogP contribution < -0.4 is 22.7 Å². The van der Waals surface area contributed by atoms with E-state index in [2.05, 4.69) is 46.8 Å². The highest BCUT2D eigenvalue weighted by atomic mass is 79.9. The lowest BCUT2D eigenvalue weighted by Crippen LogP contribution is -2.29. The Morgan fingerprint density at radius 3 is 1.41 bits per heavy atom. The molecule has 11 nitrogen and oxygen atoms in total. The van der Waals surface area contributed by atoms with Crippen molar-refractivity contribution in [2.75, 3.05) is 17.2 Å². The molecule has 0 saturated carbocycles. The minimum absolute atomic E-state index is 0.0560. The number of pyridine rings is 3. The van der Waals surface area contributed by atoms with Crippen LogP contribution in [0.15, 0.2) is 112 Å². The number of nitrogens with zero attached hydrogens (tertiary/aromatic N) is 3. The molecule has 6 rings (SSSR count). The van der Waals surface area contributed by atoms with Gasteiger partial charge in [0.05, 0.1) is 21.2 Å². The summed E-state index contributed by atoms with van der Waals surface area (Å²) in [5, 5.41) is 44.7. The number of phenolic OH excluding ortho intramolecular Hbond substituents is 3. The third-order valence-electron chi connectivity index (χ3n) is 7.31. The normalized spacial score (nSPS) is 11.2. The molecule has 0 bridgehead atoms. The van der Waals surface area contributed by atoms with Crippen LogP contribution >= 0.6 is 31.9 Å². The summed E-state index contributed by atoms with van der Waals surface area (Å²) < 4.78 is 114. The van der Waals surface area contributed by atoms with Gasteiger partial charge in [0.15, 0.2) is 0 Å². The van der Waals surface area contributed by atoms with Crippen LogP contribution in [-0.2, 0) is 18.5 Å². The van der Waals surface area contributed by atoms with Gasteiger partial charge >= 0.3 is 25.6 Å². The summed E-state index contributed by atoms with van der Waals surface area (Å²) in [6, 6.07) is 17.9. The highest BCUT2D eigenvalue weighted by molar-refractivity contribution is 9.11. The minimum Gasteiger partial charge on any atom is -0.508 e. The van der Waals surface area contributed by atoms with Gasteiger partial charge < -0.3 is 42.6 Å². The van der Waals surface area contributed by atoms with Crippen LogP contribution in [-0.4, -0.2) is 47.4 Å². The first-order valence-corrected chi connectivity index (χ1v) is 17.4. The average Bonchev–Trinajstić information content (AvgIpc) is 3.14. The van der Waals surface area contributed by atoms with Gasteiger partial charge in [0.25, 0.3) is 0 Å². The van der Waals surface area contributed by atoms with Gasteiger partial charge in [0.2, 0.25) is 0 Å². The number of benzene rings is 3. The number of hydrogen-bond donors (Lipinski definition) is 8. The summed E-state index contributed by atoms with van der Waals surface area (Å²) in [7, 11) is -1.46. The molecule has 3 heterocycles. The van der Waals surface area contributed by atoms with E-state index in [1.165, 1.54) is 72.8 Å². The maximum Gasteiger partial charge on any atom is 0.488 e. The predicted octanol–water partition coefficient (Wildman–Crippen LogP) is 8.39. The number of aromatic nitrogens is 3. The number of nitrogen functional groups attached to an aromatic ring is 3. The van der Waals surface area contributed by atoms with Crippen molar-refractivity contribution in [2.24, 2.45) is 0 Å². The smallest absolute Gasteiger partial charge is 0.488 e. The fraction of sp³-hybridized carbons (Fsp3) is 0.0833. The molecule has 0 aliphatic heterocycles. The molecule has 0 saturated heterocycles. The third kappa shape index (κ3) is 13.7. The second-order valence-electron chi connectivity index (χ2n) is 11.5. The quantitative estimate of drug-likeness (QED) is 0.0622. The lowest BCUT2D eigenvalue weighted by atomic mass is 9.80. The molecule has 0 aliphatic carbocycles. The molecule has 6 aromatic rings. The maximum absolute atomic E-state index is 13.8. The second kappa shape index (κ2) is 19.8. The molecule has 0 spiro atoms. The number of alkyl halides is 9. The number of rotatable bonds is 3. The van der Waals surface area contributed by atoms with Gasteiger partial charge in [-0.1, -0.05) is 36.4 Å². The van der Waals surface area contributed by atoms with Crippen molar-refractivity contribution in [2.45, 2.75) is 18.5 Å². The lowest BCUT2D eigenvalue weighted by Gasteiger charge is -2.19. The zero-order valence-corrected chi connectivity index (χ0v) is 32.5. The van der Waals surface area contributed by atoms with E-state index in [1.54, 1.807) is 0 Å². The van der Waals surface area contributed by atoms with Gasteiger partial charge in [-0.15, -0.1) is 0 Å². The Kier molecular flexibility index (Phi) is 16.0. The molecule has 3 aromatic carbocycles. The van der Waals surface area contributed by atoms with Crippen LogP contribution in [0.5, 0.6) is 17.2 Å². The van der Waals surface area contributed by atoms with Crippen molar-refractivity contribution in [1.82, 2.24) is 15.0 Å². The molecule has 0 amide bonds. The predicted molar refractivity (Wildman–Crippen MR) is 208 cm³/mol. The van der Waals surface area contributed by atoms with Gasteiger partial charge in [-0.3, -0.25) is 0 Å². The van der Waals surface area contributed by atoms with Crippen LogP contribution in [0.4, 0.5) is 57.0 Å². The lowest BCUT2D eigenvalue weighted by molar-refractivity contribution is -0.139. The Balaban J connectivity index is 0.000000230. The first-order valence-electron chi connectivity index (χ1n) is 15.9. The van der Waals surface area contributed by atoms with Crippen LogP contribution in [0.3, 0.4) is 0 Å². The first-order chi connectivity index (χ1) is 27.3. The molecule has 23 heteroatoms. The van der Waals surface area contributed by atoms with Gasteiger partial charge in [0.1, 0.15) is 34.7 Å². The molecular formula is C36H28BBr2F9N6O5. The molecule has 59 heavy (non-hydrogen) atoms. The van der Waals surface area contributed by atoms with Crippen LogP contribution in [0.25, 0.3) is 22.3 Å². The summed E-state index contributed by atoms with van der Waals surface area (Å²) in [6.45, 7) is 0. The van der Waals surface area contributed by atoms with Crippen molar-refractivity contribution in [3.63, 3.8) is 0 Å². The summed E-state index contributed by atoms with van der Waals surface area (Å²) in [6.07, 6.45) is -10.4. The van der Waals surface area contributed by atoms with Gasteiger partial charge in [-0.05, 0) is 97.0 Å². The number of nitrogens with two attached hydrogens (primary N) is 3. The Hall–Kier alpha value is -5.78. The zero-order valence-electron chi connectivity index (χ0n) is 29.4. The van der Waals surface area contributed by atoms with Gasteiger partial charge in [0, 0.05) is 34.2 Å². The molecule has 11 N–H and O–H groups in total. The van der Waals surface area contributed by atoms with Crippen molar-refractivity contribution < 1.29 is 64.9 Å². The van der Waals surface area contributed by atoms with Crippen LogP contribution in [0.1, 0.15) is 16.7 Å². The molecule has 3 aromatic heterocycles. The van der Waals surface area contributed by atoms with Crippen molar-refractivity contribution in [3.05, 3.63) is 129 Å². The Morgan fingerprint density at radius 2 is 1.00 bits per heavy atom. The standard InChI is InChI=1S/C18H13F3N2O2.C6H7BO3.C6H3Br2F3N2.C6H5F3N2/c19-18(20,21)16-14(10-1-5-12(24)6-2-10)9-23-17(22)15(16)11-3-7-13(25)8-4-11;8-6-3-1-5(2-4-6)7(9)10;7-2-1-13-5(12)4(8)3(2)6(9,10)11;7-6(8,9)4-1-2-11-5(10)3-4/h1-9,24-25H,(H2,22,23);1-4,8-10H;1H,(H2,12,13);1-3H,(H2,10,11). The van der Waals surface area contributed by atoms with E-state index >= 15 is 0 Å². The highest BCUT2D eigenvalue weighted by Crippen LogP contribution is 2.45. The van der Waals surface area contributed by atoms with Crippen molar-refractivity contribution in [1.29, 1.82) is 0 Å². The SMILES string of the molecule is Nc1cc(C(F)(F)F)ccn1.Nc1ncc(-c2ccc(O)cc2)c(C(F)(F)F)c1-c1ccc(O)cc1.Nc1ncc(Br)c(C(F)(F)F)c1Br.OB(O)c1ccc(O)cc1. The van der Waals surface area contributed by atoms with E-state index in [0.717, 1.165) is 30.7 Å². The molecule has 0 radical (unpaired) electrons. The number of aromatic hydroxyl groups is 3. The Labute approximate surface area is 345 Å². The van der Waals surface area contributed by atoms with Crippen LogP contribution in [0.2, 0.25) is 0 Å². The van der Waals surface area contributed by atoms with E-state index in [4.69, 9.17) is 32.4 Å². The van der Waals surface area contributed by atoms with Crippen molar-refractivity contribution >= 4 is 61.9 Å². The number of halogens is 11. The van der Waals surface area contributed by atoms with E-state index in [0.29, 0.717) is 5.46 Å². The fourth-order valence-electron chi connectivity index (χ4n) is 4.61. The molecule has 0 aliphatic rings.